The Morgan fingerprint density at radius 2 is 2.31 bits per heavy atom. The van der Waals surface area contributed by atoms with Crippen molar-refractivity contribution in [3.05, 3.63) is 29.8 Å². The number of hydrogen-bond acceptors (Lipinski definition) is 3. The molecule has 0 aromatic heterocycles. The number of anilines is 1. The Hall–Kier alpha value is -2.02. The zero-order valence-electron chi connectivity index (χ0n) is 8.68. The monoisotopic (exact) mass is 216 g/mol. The van der Waals surface area contributed by atoms with E-state index in [0.717, 1.165) is 18.5 Å². The maximum absolute atomic E-state index is 10.8. The van der Waals surface area contributed by atoms with Crippen molar-refractivity contribution in [2.24, 2.45) is 5.92 Å². The third kappa shape index (κ3) is 1.98. The summed E-state index contributed by atoms with van der Waals surface area (Å²) in [6, 6.07) is 9.13. The largest absolute Gasteiger partial charge is 0.481 e. The van der Waals surface area contributed by atoms with E-state index in [1.54, 1.807) is 18.2 Å². The Balaban J connectivity index is 2.04. The van der Waals surface area contributed by atoms with Crippen LogP contribution in [0.1, 0.15) is 18.4 Å². The molecule has 1 aromatic rings. The van der Waals surface area contributed by atoms with Crippen molar-refractivity contribution in [2.75, 3.05) is 5.32 Å². The molecule has 1 aromatic carbocycles. The summed E-state index contributed by atoms with van der Waals surface area (Å²) >= 11 is 0. The van der Waals surface area contributed by atoms with Crippen molar-refractivity contribution >= 4 is 11.7 Å². The number of rotatable bonds is 3. The van der Waals surface area contributed by atoms with Gasteiger partial charge in [-0.25, -0.2) is 0 Å². The Kier molecular flexibility index (Phi) is 2.78. The third-order valence-electron chi connectivity index (χ3n) is 2.94. The smallest absolute Gasteiger partial charge is 0.308 e. The van der Waals surface area contributed by atoms with E-state index in [2.05, 4.69) is 11.4 Å². The fraction of sp³-hybridized carbons (Fsp3) is 0.333. The van der Waals surface area contributed by atoms with Crippen LogP contribution in [0.3, 0.4) is 0 Å². The van der Waals surface area contributed by atoms with Crippen LogP contribution in [0, 0.1) is 17.2 Å². The van der Waals surface area contributed by atoms with Gasteiger partial charge in [0.2, 0.25) is 0 Å². The predicted molar refractivity (Wildman–Crippen MR) is 58.9 cm³/mol. The number of hydrogen-bond donors (Lipinski definition) is 2. The molecule has 2 N–H and O–H groups in total. The molecule has 0 radical (unpaired) electrons. The van der Waals surface area contributed by atoms with Crippen molar-refractivity contribution in [1.82, 2.24) is 0 Å². The Labute approximate surface area is 93.5 Å². The first-order valence-corrected chi connectivity index (χ1v) is 5.20. The minimum atomic E-state index is -0.750. The Morgan fingerprint density at radius 1 is 1.50 bits per heavy atom. The average molecular weight is 216 g/mol. The van der Waals surface area contributed by atoms with Gasteiger partial charge in [0.15, 0.2) is 0 Å². The van der Waals surface area contributed by atoms with E-state index in [1.807, 2.05) is 6.07 Å². The molecule has 1 saturated carbocycles. The lowest BCUT2D eigenvalue weighted by atomic mass is 9.79. The van der Waals surface area contributed by atoms with Crippen LogP contribution in [-0.2, 0) is 4.79 Å². The SMILES string of the molecule is N#Cc1cccc(NC2CCC2C(=O)O)c1. The second kappa shape index (κ2) is 4.23. The lowest BCUT2D eigenvalue weighted by Crippen LogP contribution is -2.42. The normalized spacial score (nSPS) is 22.9. The van der Waals surface area contributed by atoms with Gasteiger partial charge in [-0.15, -0.1) is 0 Å². The molecule has 2 rings (SSSR count). The molecule has 1 aliphatic carbocycles. The van der Waals surface area contributed by atoms with E-state index >= 15 is 0 Å². The standard InChI is InChI=1S/C12H12N2O2/c13-7-8-2-1-3-9(6-8)14-11-5-4-10(11)12(15)16/h1-3,6,10-11,14H,4-5H2,(H,15,16). The summed E-state index contributed by atoms with van der Waals surface area (Å²) in [5.74, 6) is -1.05. The van der Waals surface area contributed by atoms with Crippen LogP contribution in [0.2, 0.25) is 0 Å². The molecule has 82 valence electrons. The fourth-order valence-electron chi connectivity index (χ4n) is 1.86. The van der Waals surface area contributed by atoms with Gasteiger partial charge >= 0.3 is 5.97 Å². The Bertz CT molecular complexity index is 451. The molecule has 16 heavy (non-hydrogen) atoms. The number of carboxylic acids is 1. The average Bonchev–Trinajstić information content (AvgIpc) is 2.24. The molecule has 1 fully saturated rings. The summed E-state index contributed by atoms with van der Waals surface area (Å²) in [5.41, 5.74) is 1.39. The molecule has 0 bridgehead atoms. The summed E-state index contributed by atoms with van der Waals surface area (Å²) < 4.78 is 0. The number of nitrogens with one attached hydrogen (secondary N) is 1. The highest BCUT2D eigenvalue weighted by Gasteiger charge is 2.36. The minimum absolute atomic E-state index is 0.00792. The predicted octanol–water partition coefficient (Wildman–Crippen LogP) is 1.83. The lowest BCUT2D eigenvalue weighted by Gasteiger charge is -2.34. The van der Waals surface area contributed by atoms with Crippen LogP contribution >= 0.6 is 0 Å². The molecule has 0 saturated heterocycles. The van der Waals surface area contributed by atoms with Crippen LogP contribution in [0.15, 0.2) is 24.3 Å². The molecule has 0 aliphatic heterocycles. The summed E-state index contributed by atoms with van der Waals surface area (Å²) in [5, 5.41) is 20.8. The number of benzene rings is 1. The van der Waals surface area contributed by atoms with Gasteiger partial charge in [-0.05, 0) is 31.0 Å². The maximum atomic E-state index is 10.8. The molecule has 2 unspecified atom stereocenters. The van der Waals surface area contributed by atoms with Crippen molar-refractivity contribution in [2.45, 2.75) is 18.9 Å². The highest BCUT2D eigenvalue weighted by atomic mass is 16.4. The topological polar surface area (TPSA) is 73.1 Å². The Morgan fingerprint density at radius 3 is 2.88 bits per heavy atom. The number of carboxylic acid groups (broad SMARTS) is 1. The first-order chi connectivity index (χ1) is 7.70. The van der Waals surface area contributed by atoms with Crippen LogP contribution in [-0.4, -0.2) is 17.1 Å². The number of carbonyl (C=O) groups is 1. The molecule has 0 amide bonds. The van der Waals surface area contributed by atoms with E-state index in [1.165, 1.54) is 0 Å². The van der Waals surface area contributed by atoms with Crippen LogP contribution in [0.25, 0.3) is 0 Å². The number of aliphatic carboxylic acids is 1. The summed E-state index contributed by atoms with van der Waals surface area (Å²) in [6.45, 7) is 0. The quantitative estimate of drug-likeness (QED) is 0.808. The van der Waals surface area contributed by atoms with Gasteiger partial charge in [0.25, 0.3) is 0 Å². The van der Waals surface area contributed by atoms with Gasteiger partial charge in [0.1, 0.15) is 0 Å². The van der Waals surface area contributed by atoms with Gasteiger partial charge in [-0.1, -0.05) is 6.07 Å². The van der Waals surface area contributed by atoms with Crippen LogP contribution in [0.4, 0.5) is 5.69 Å². The van der Waals surface area contributed by atoms with E-state index in [9.17, 15) is 4.79 Å². The van der Waals surface area contributed by atoms with Crippen molar-refractivity contribution in [1.29, 1.82) is 5.26 Å². The minimum Gasteiger partial charge on any atom is -0.481 e. The van der Waals surface area contributed by atoms with Gasteiger partial charge in [-0.2, -0.15) is 5.26 Å². The highest BCUT2D eigenvalue weighted by molar-refractivity contribution is 5.73. The van der Waals surface area contributed by atoms with Crippen molar-refractivity contribution in [3.63, 3.8) is 0 Å². The zero-order chi connectivity index (χ0) is 11.5. The molecule has 4 heteroatoms. The van der Waals surface area contributed by atoms with E-state index in [0.29, 0.717) is 5.56 Å². The zero-order valence-corrected chi connectivity index (χ0v) is 8.68. The maximum Gasteiger partial charge on any atom is 0.308 e. The van der Waals surface area contributed by atoms with E-state index < -0.39 is 5.97 Å². The van der Waals surface area contributed by atoms with Crippen molar-refractivity contribution in [3.8, 4) is 6.07 Å². The molecule has 2 atom stereocenters. The molecule has 0 spiro atoms. The number of nitriles is 1. The molecule has 1 aliphatic rings. The van der Waals surface area contributed by atoms with Crippen LogP contribution in [0.5, 0.6) is 0 Å². The molecular formula is C12H12N2O2. The number of nitrogens with zero attached hydrogens (tertiary/aromatic N) is 1. The summed E-state index contributed by atoms with van der Waals surface area (Å²) in [6.07, 6.45) is 1.60. The van der Waals surface area contributed by atoms with Gasteiger partial charge < -0.3 is 10.4 Å². The van der Waals surface area contributed by atoms with E-state index in [-0.39, 0.29) is 12.0 Å². The third-order valence-corrected chi connectivity index (χ3v) is 2.94. The van der Waals surface area contributed by atoms with Gasteiger partial charge in [-0.3, -0.25) is 4.79 Å². The second-order valence-electron chi connectivity index (χ2n) is 3.97. The molecule has 4 nitrogen and oxygen atoms in total. The highest BCUT2D eigenvalue weighted by Crippen LogP contribution is 2.30. The lowest BCUT2D eigenvalue weighted by molar-refractivity contribution is -0.144. The first kappa shape index (κ1) is 10.5. The summed E-state index contributed by atoms with van der Waals surface area (Å²) in [7, 11) is 0. The van der Waals surface area contributed by atoms with Crippen molar-refractivity contribution < 1.29 is 9.90 Å². The summed E-state index contributed by atoms with van der Waals surface area (Å²) in [4.78, 5) is 10.8. The van der Waals surface area contributed by atoms with Gasteiger partial charge in [0, 0.05) is 11.7 Å². The fourth-order valence-corrected chi connectivity index (χ4v) is 1.86. The first-order valence-electron chi connectivity index (χ1n) is 5.20. The molecular weight excluding hydrogens is 204 g/mol. The molecule has 0 heterocycles. The van der Waals surface area contributed by atoms with Crippen LogP contribution < -0.4 is 5.32 Å². The van der Waals surface area contributed by atoms with E-state index in [4.69, 9.17) is 10.4 Å². The second-order valence-corrected chi connectivity index (χ2v) is 3.97. The van der Waals surface area contributed by atoms with Gasteiger partial charge in [0.05, 0.1) is 17.6 Å².